The summed E-state index contributed by atoms with van der Waals surface area (Å²) >= 11 is 5.37. The van der Waals surface area contributed by atoms with E-state index < -0.39 is 51.9 Å². The van der Waals surface area contributed by atoms with E-state index in [1.807, 2.05) is 0 Å². The van der Waals surface area contributed by atoms with Crippen LogP contribution in [-0.2, 0) is 21.8 Å². The van der Waals surface area contributed by atoms with E-state index in [1.165, 1.54) is 0 Å². The van der Waals surface area contributed by atoms with Crippen molar-refractivity contribution >= 4 is 23.5 Å². The standard InChI is InChI=1S/C9H6ClF3O3.C9H7F3O3/c1-16-8(15)4-2-5(9(11,12)13)7(14)6(10)3-4;1-15-8(14)5-2-3-7(13)6(4-5)9(10,11)12/h2-3,14H,1H3;2-4,13H,1H3. The molecule has 2 aromatic rings. The predicted octanol–water partition coefficient (Wildman–Crippen LogP) is 5.05. The van der Waals surface area contributed by atoms with Gasteiger partial charge in [0.2, 0.25) is 0 Å². The van der Waals surface area contributed by atoms with Crippen molar-refractivity contribution in [3.63, 3.8) is 0 Å². The normalized spacial score (nSPS) is 11.3. The quantitative estimate of drug-likeness (QED) is 0.467. The summed E-state index contributed by atoms with van der Waals surface area (Å²) in [4.78, 5) is 22.0. The topological polar surface area (TPSA) is 93.1 Å². The highest BCUT2D eigenvalue weighted by atomic mass is 35.5. The highest BCUT2D eigenvalue weighted by Crippen LogP contribution is 2.40. The summed E-state index contributed by atoms with van der Waals surface area (Å²) in [6.07, 6.45) is -9.49. The van der Waals surface area contributed by atoms with Gasteiger partial charge in [-0.25, -0.2) is 9.59 Å². The summed E-state index contributed by atoms with van der Waals surface area (Å²) in [6, 6.07) is 3.78. The Labute approximate surface area is 175 Å². The molecule has 0 aliphatic rings. The molecular weight excluding hydrogens is 462 g/mol. The van der Waals surface area contributed by atoms with Crippen LogP contribution in [0.15, 0.2) is 30.3 Å². The summed E-state index contributed by atoms with van der Waals surface area (Å²) in [5.41, 5.74) is -3.27. The van der Waals surface area contributed by atoms with E-state index in [-0.39, 0.29) is 11.1 Å². The minimum Gasteiger partial charge on any atom is -0.507 e. The molecule has 0 saturated heterocycles. The molecule has 2 aromatic carbocycles. The van der Waals surface area contributed by atoms with Crippen LogP contribution in [0.25, 0.3) is 0 Å². The molecule has 0 fully saturated rings. The fourth-order valence-electron chi connectivity index (χ4n) is 2.06. The van der Waals surface area contributed by atoms with Crippen LogP contribution in [0.3, 0.4) is 0 Å². The molecule has 0 aromatic heterocycles. The molecule has 0 spiro atoms. The number of ether oxygens (including phenoxy) is 2. The number of aromatic hydroxyl groups is 2. The Balaban J connectivity index is 0.000000311. The van der Waals surface area contributed by atoms with Crippen LogP contribution in [0.2, 0.25) is 5.02 Å². The number of rotatable bonds is 2. The third kappa shape index (κ3) is 6.67. The Bertz CT molecular complexity index is 971. The van der Waals surface area contributed by atoms with Crippen molar-refractivity contribution in [1.82, 2.24) is 0 Å². The number of halogens is 7. The molecule has 0 amide bonds. The average Bonchev–Trinajstić information content (AvgIpc) is 2.67. The first kappa shape index (κ1) is 25.9. The van der Waals surface area contributed by atoms with Crippen LogP contribution in [-0.4, -0.2) is 36.4 Å². The van der Waals surface area contributed by atoms with Crippen molar-refractivity contribution in [3.05, 3.63) is 57.6 Å². The molecule has 2 N–H and O–H groups in total. The van der Waals surface area contributed by atoms with Crippen molar-refractivity contribution in [2.45, 2.75) is 12.4 Å². The minimum atomic E-state index is -4.79. The highest BCUT2D eigenvalue weighted by molar-refractivity contribution is 6.32. The van der Waals surface area contributed by atoms with Gasteiger partial charge >= 0.3 is 24.3 Å². The molecule has 0 bridgehead atoms. The van der Waals surface area contributed by atoms with Crippen LogP contribution in [0.1, 0.15) is 31.8 Å². The van der Waals surface area contributed by atoms with E-state index in [0.717, 1.165) is 32.4 Å². The number of benzene rings is 2. The zero-order valence-corrected chi connectivity index (χ0v) is 16.3. The summed E-state index contributed by atoms with van der Waals surface area (Å²) < 4.78 is 82.6. The monoisotopic (exact) mass is 474 g/mol. The zero-order valence-electron chi connectivity index (χ0n) is 15.6. The second-order valence-corrected chi connectivity index (χ2v) is 5.97. The Morgan fingerprint density at radius 2 is 1.26 bits per heavy atom. The van der Waals surface area contributed by atoms with Crippen molar-refractivity contribution in [3.8, 4) is 11.5 Å². The van der Waals surface area contributed by atoms with Crippen LogP contribution < -0.4 is 0 Å². The van der Waals surface area contributed by atoms with Gasteiger partial charge in [0.25, 0.3) is 0 Å². The maximum absolute atomic E-state index is 12.4. The second-order valence-electron chi connectivity index (χ2n) is 5.56. The number of phenolic OH excluding ortho intramolecular Hbond substituents is 2. The van der Waals surface area contributed by atoms with Crippen LogP contribution in [0, 0.1) is 0 Å². The zero-order chi connectivity index (χ0) is 24.1. The molecule has 13 heteroatoms. The molecular formula is C18H13ClF6O6. The third-order valence-corrected chi connectivity index (χ3v) is 3.80. The van der Waals surface area contributed by atoms with E-state index in [2.05, 4.69) is 9.47 Å². The number of hydrogen-bond donors (Lipinski definition) is 2. The van der Waals surface area contributed by atoms with Crippen LogP contribution in [0.4, 0.5) is 26.3 Å². The number of methoxy groups -OCH3 is 2. The molecule has 0 aliphatic heterocycles. The van der Waals surface area contributed by atoms with Gasteiger partial charge in [0.05, 0.1) is 41.5 Å². The maximum Gasteiger partial charge on any atom is 0.420 e. The Morgan fingerprint density at radius 1 is 0.806 bits per heavy atom. The van der Waals surface area contributed by atoms with E-state index >= 15 is 0 Å². The molecule has 31 heavy (non-hydrogen) atoms. The predicted molar refractivity (Wildman–Crippen MR) is 93.9 cm³/mol. The number of carbonyl (C=O) groups excluding carboxylic acids is 2. The first-order chi connectivity index (χ1) is 14.1. The lowest BCUT2D eigenvalue weighted by Crippen LogP contribution is -2.09. The third-order valence-electron chi connectivity index (χ3n) is 3.51. The van der Waals surface area contributed by atoms with Gasteiger partial charge in [-0.1, -0.05) is 11.6 Å². The van der Waals surface area contributed by atoms with Crippen molar-refractivity contribution in [1.29, 1.82) is 0 Å². The molecule has 6 nitrogen and oxygen atoms in total. The smallest absolute Gasteiger partial charge is 0.420 e. The van der Waals surface area contributed by atoms with E-state index in [9.17, 15) is 35.9 Å². The number of carbonyl (C=O) groups is 2. The van der Waals surface area contributed by atoms with Gasteiger partial charge in [-0.2, -0.15) is 26.3 Å². The molecule has 0 saturated carbocycles. The Kier molecular flexibility index (Phi) is 8.16. The molecule has 0 radical (unpaired) electrons. The van der Waals surface area contributed by atoms with Gasteiger partial charge in [0, 0.05) is 0 Å². The summed E-state index contributed by atoms with van der Waals surface area (Å²) in [5.74, 6) is -3.88. The molecule has 170 valence electrons. The number of hydrogen-bond acceptors (Lipinski definition) is 6. The van der Waals surface area contributed by atoms with Crippen molar-refractivity contribution in [2.24, 2.45) is 0 Å². The van der Waals surface area contributed by atoms with Gasteiger partial charge in [-0.05, 0) is 30.3 Å². The highest BCUT2D eigenvalue weighted by Gasteiger charge is 2.36. The van der Waals surface area contributed by atoms with Gasteiger partial charge in [-0.15, -0.1) is 0 Å². The largest absolute Gasteiger partial charge is 0.507 e. The fourth-order valence-corrected chi connectivity index (χ4v) is 2.28. The first-order valence-electron chi connectivity index (χ1n) is 7.80. The Morgan fingerprint density at radius 3 is 1.71 bits per heavy atom. The van der Waals surface area contributed by atoms with Gasteiger partial charge in [0.15, 0.2) is 0 Å². The van der Waals surface area contributed by atoms with E-state index in [0.29, 0.717) is 12.1 Å². The molecule has 2 rings (SSSR count). The van der Waals surface area contributed by atoms with Crippen molar-refractivity contribution in [2.75, 3.05) is 14.2 Å². The van der Waals surface area contributed by atoms with Gasteiger partial charge in [0.1, 0.15) is 11.5 Å². The summed E-state index contributed by atoms with van der Waals surface area (Å²) in [5, 5.41) is 17.5. The van der Waals surface area contributed by atoms with E-state index in [1.54, 1.807) is 0 Å². The summed E-state index contributed by atoms with van der Waals surface area (Å²) in [6.45, 7) is 0. The van der Waals surface area contributed by atoms with E-state index in [4.69, 9.17) is 21.8 Å². The maximum atomic E-state index is 12.4. The summed E-state index contributed by atoms with van der Waals surface area (Å²) in [7, 11) is 2.08. The number of phenols is 2. The molecule has 0 atom stereocenters. The van der Waals surface area contributed by atoms with Crippen molar-refractivity contribution < 1.29 is 55.6 Å². The lowest BCUT2D eigenvalue weighted by molar-refractivity contribution is -0.139. The minimum absolute atomic E-state index is 0.261. The van der Waals surface area contributed by atoms with Gasteiger partial charge < -0.3 is 19.7 Å². The lowest BCUT2D eigenvalue weighted by atomic mass is 10.1. The molecule has 0 aliphatic carbocycles. The Hall–Kier alpha value is -3.15. The average molecular weight is 475 g/mol. The number of esters is 2. The SMILES string of the molecule is COC(=O)c1cc(Cl)c(O)c(C(F)(F)F)c1.COC(=O)c1ccc(O)c(C(F)(F)F)c1. The second kappa shape index (κ2) is 9.77. The fraction of sp³-hybridized carbons (Fsp3) is 0.222. The first-order valence-corrected chi connectivity index (χ1v) is 8.17. The van der Waals surface area contributed by atoms with Crippen LogP contribution in [0.5, 0.6) is 11.5 Å². The molecule has 0 unspecified atom stereocenters. The molecule has 0 heterocycles. The van der Waals surface area contributed by atoms with Crippen LogP contribution >= 0.6 is 11.6 Å². The number of alkyl halides is 6. The van der Waals surface area contributed by atoms with Gasteiger partial charge in [-0.3, -0.25) is 0 Å². The lowest BCUT2D eigenvalue weighted by Gasteiger charge is -2.11.